The fraction of sp³-hybridized carbons (Fsp3) is 0.231. The molecule has 0 aliphatic heterocycles. The number of nitrogens with zero attached hydrogens (tertiary/aromatic N) is 2. The first-order valence-corrected chi connectivity index (χ1v) is 5.56. The molecule has 0 aliphatic rings. The van der Waals surface area contributed by atoms with Gasteiger partial charge in [-0.25, -0.2) is 9.37 Å². The molecule has 0 aliphatic carbocycles. The predicted octanol–water partition coefficient (Wildman–Crippen LogP) is 2.48. The highest BCUT2D eigenvalue weighted by Gasteiger charge is 2.05. The van der Waals surface area contributed by atoms with Crippen LogP contribution in [0.5, 0.6) is 11.8 Å². The van der Waals surface area contributed by atoms with E-state index < -0.39 is 0 Å². The fourth-order valence-corrected chi connectivity index (χ4v) is 1.51. The molecule has 18 heavy (non-hydrogen) atoms. The molecule has 0 saturated carbocycles. The molecule has 1 heterocycles. The Morgan fingerprint density at radius 2 is 2.11 bits per heavy atom. The molecule has 1 aromatic carbocycles. The number of ether oxygens (including phenoxy) is 1. The standard InChI is InChI=1S/C13H14FN3O/c1-8-5-11(3-4-12(8)14)18-13-16-7-10(6-15)9(2)17-13/h3-5,7H,6,15H2,1-2H3. The summed E-state index contributed by atoms with van der Waals surface area (Å²) in [6.45, 7) is 3.90. The summed E-state index contributed by atoms with van der Waals surface area (Å²) < 4.78 is 18.6. The van der Waals surface area contributed by atoms with E-state index in [1.807, 2.05) is 6.92 Å². The van der Waals surface area contributed by atoms with Gasteiger partial charge in [-0.1, -0.05) is 0 Å². The Bertz CT molecular complexity index is 572. The van der Waals surface area contributed by atoms with Crippen LogP contribution in [0.15, 0.2) is 24.4 Å². The largest absolute Gasteiger partial charge is 0.424 e. The number of benzene rings is 1. The van der Waals surface area contributed by atoms with E-state index in [0.29, 0.717) is 17.9 Å². The van der Waals surface area contributed by atoms with Crippen LogP contribution in [0.3, 0.4) is 0 Å². The maximum Gasteiger partial charge on any atom is 0.322 e. The Balaban J connectivity index is 2.23. The Morgan fingerprint density at radius 1 is 1.33 bits per heavy atom. The molecular weight excluding hydrogens is 233 g/mol. The minimum absolute atomic E-state index is 0.232. The van der Waals surface area contributed by atoms with Crippen LogP contribution in [0.1, 0.15) is 16.8 Å². The van der Waals surface area contributed by atoms with Gasteiger partial charge in [-0.05, 0) is 37.6 Å². The minimum atomic E-state index is -0.266. The molecular formula is C13H14FN3O. The van der Waals surface area contributed by atoms with E-state index in [2.05, 4.69) is 9.97 Å². The van der Waals surface area contributed by atoms with Crippen LogP contribution in [-0.4, -0.2) is 9.97 Å². The van der Waals surface area contributed by atoms with Gasteiger partial charge >= 0.3 is 6.01 Å². The average Bonchev–Trinajstić information content (AvgIpc) is 2.34. The van der Waals surface area contributed by atoms with Crippen molar-refractivity contribution in [2.75, 3.05) is 0 Å². The van der Waals surface area contributed by atoms with E-state index >= 15 is 0 Å². The third-order valence-corrected chi connectivity index (χ3v) is 2.62. The molecule has 94 valence electrons. The zero-order valence-corrected chi connectivity index (χ0v) is 10.3. The molecule has 0 saturated heterocycles. The smallest absolute Gasteiger partial charge is 0.322 e. The van der Waals surface area contributed by atoms with Gasteiger partial charge in [0.1, 0.15) is 11.6 Å². The van der Waals surface area contributed by atoms with Crippen molar-refractivity contribution in [1.29, 1.82) is 0 Å². The first kappa shape index (κ1) is 12.4. The summed E-state index contributed by atoms with van der Waals surface area (Å²) in [5.41, 5.74) is 7.70. The molecule has 5 heteroatoms. The monoisotopic (exact) mass is 247 g/mol. The van der Waals surface area contributed by atoms with Crippen molar-refractivity contribution in [3.63, 3.8) is 0 Å². The fourth-order valence-electron chi connectivity index (χ4n) is 1.51. The Hall–Kier alpha value is -2.01. The molecule has 0 unspecified atom stereocenters. The predicted molar refractivity (Wildman–Crippen MR) is 65.9 cm³/mol. The minimum Gasteiger partial charge on any atom is -0.424 e. The van der Waals surface area contributed by atoms with Gasteiger partial charge in [-0.2, -0.15) is 4.98 Å². The van der Waals surface area contributed by atoms with Gasteiger partial charge in [0, 0.05) is 24.0 Å². The molecule has 4 nitrogen and oxygen atoms in total. The van der Waals surface area contributed by atoms with Crippen LogP contribution in [0.4, 0.5) is 4.39 Å². The van der Waals surface area contributed by atoms with Crippen molar-refractivity contribution in [1.82, 2.24) is 9.97 Å². The Morgan fingerprint density at radius 3 is 2.72 bits per heavy atom. The van der Waals surface area contributed by atoms with Gasteiger partial charge in [0.25, 0.3) is 0 Å². The first-order chi connectivity index (χ1) is 8.60. The van der Waals surface area contributed by atoms with Gasteiger partial charge in [0.15, 0.2) is 0 Å². The van der Waals surface area contributed by atoms with Crippen LogP contribution in [0, 0.1) is 19.7 Å². The van der Waals surface area contributed by atoms with Crippen LogP contribution in [0.2, 0.25) is 0 Å². The van der Waals surface area contributed by atoms with Crippen LogP contribution < -0.4 is 10.5 Å². The molecule has 2 aromatic rings. The van der Waals surface area contributed by atoms with Crippen LogP contribution >= 0.6 is 0 Å². The van der Waals surface area contributed by atoms with E-state index in [-0.39, 0.29) is 11.8 Å². The molecule has 2 N–H and O–H groups in total. The highest BCUT2D eigenvalue weighted by molar-refractivity contribution is 5.31. The summed E-state index contributed by atoms with van der Waals surface area (Å²) in [5, 5.41) is 0. The van der Waals surface area contributed by atoms with E-state index in [1.54, 1.807) is 19.2 Å². The molecule has 0 bridgehead atoms. The third-order valence-electron chi connectivity index (χ3n) is 2.62. The van der Waals surface area contributed by atoms with Gasteiger partial charge in [0.2, 0.25) is 0 Å². The van der Waals surface area contributed by atoms with E-state index in [9.17, 15) is 4.39 Å². The summed E-state index contributed by atoms with van der Waals surface area (Å²) in [6, 6.07) is 4.73. The van der Waals surface area contributed by atoms with Crippen LogP contribution in [0.25, 0.3) is 0 Å². The number of nitrogens with two attached hydrogens (primary N) is 1. The number of aromatic nitrogens is 2. The lowest BCUT2D eigenvalue weighted by atomic mass is 10.2. The van der Waals surface area contributed by atoms with Crippen molar-refractivity contribution in [2.45, 2.75) is 20.4 Å². The lowest BCUT2D eigenvalue weighted by Crippen LogP contribution is -2.03. The maximum atomic E-state index is 13.1. The second-order valence-electron chi connectivity index (χ2n) is 3.98. The Kier molecular flexibility index (Phi) is 3.53. The van der Waals surface area contributed by atoms with E-state index in [0.717, 1.165) is 11.3 Å². The number of halogens is 1. The van der Waals surface area contributed by atoms with Gasteiger partial charge in [0.05, 0.1) is 0 Å². The molecule has 2 rings (SSSR count). The second kappa shape index (κ2) is 5.10. The van der Waals surface area contributed by atoms with Crippen molar-refractivity contribution >= 4 is 0 Å². The normalized spacial score (nSPS) is 10.4. The molecule has 0 radical (unpaired) electrons. The molecule has 0 spiro atoms. The highest BCUT2D eigenvalue weighted by Crippen LogP contribution is 2.21. The highest BCUT2D eigenvalue weighted by atomic mass is 19.1. The zero-order chi connectivity index (χ0) is 13.1. The van der Waals surface area contributed by atoms with Gasteiger partial charge < -0.3 is 10.5 Å². The molecule has 0 atom stereocenters. The summed E-state index contributed by atoms with van der Waals surface area (Å²) in [6.07, 6.45) is 1.63. The van der Waals surface area contributed by atoms with Crippen molar-refractivity contribution in [3.05, 3.63) is 47.0 Å². The molecule has 0 fully saturated rings. The SMILES string of the molecule is Cc1cc(Oc2ncc(CN)c(C)n2)ccc1F. The first-order valence-electron chi connectivity index (χ1n) is 5.56. The molecule has 0 amide bonds. The van der Waals surface area contributed by atoms with Gasteiger partial charge in [-0.15, -0.1) is 0 Å². The second-order valence-corrected chi connectivity index (χ2v) is 3.98. The van der Waals surface area contributed by atoms with E-state index in [4.69, 9.17) is 10.5 Å². The topological polar surface area (TPSA) is 61.0 Å². The third kappa shape index (κ3) is 2.62. The van der Waals surface area contributed by atoms with Crippen molar-refractivity contribution in [2.24, 2.45) is 5.73 Å². The number of rotatable bonds is 3. The van der Waals surface area contributed by atoms with Gasteiger partial charge in [-0.3, -0.25) is 0 Å². The zero-order valence-electron chi connectivity index (χ0n) is 10.3. The van der Waals surface area contributed by atoms with E-state index in [1.165, 1.54) is 12.1 Å². The summed E-state index contributed by atoms with van der Waals surface area (Å²) >= 11 is 0. The lowest BCUT2D eigenvalue weighted by molar-refractivity contribution is 0.437. The quantitative estimate of drug-likeness (QED) is 0.905. The van der Waals surface area contributed by atoms with Crippen LogP contribution in [-0.2, 0) is 6.54 Å². The maximum absolute atomic E-state index is 13.1. The lowest BCUT2D eigenvalue weighted by Gasteiger charge is -2.07. The van der Waals surface area contributed by atoms with Crippen molar-refractivity contribution in [3.8, 4) is 11.8 Å². The summed E-state index contributed by atoms with van der Waals surface area (Å²) in [4.78, 5) is 8.23. The average molecular weight is 247 g/mol. The number of hydrogen-bond acceptors (Lipinski definition) is 4. The van der Waals surface area contributed by atoms with Crippen molar-refractivity contribution < 1.29 is 9.13 Å². The summed E-state index contributed by atoms with van der Waals surface area (Å²) in [5.74, 6) is 0.242. The Labute approximate surface area is 105 Å². The number of hydrogen-bond donors (Lipinski definition) is 1. The molecule has 1 aromatic heterocycles. The summed E-state index contributed by atoms with van der Waals surface area (Å²) in [7, 11) is 0. The number of aryl methyl sites for hydroxylation is 2.